The predicted octanol–water partition coefficient (Wildman–Crippen LogP) is 0.777. The Morgan fingerprint density at radius 1 is 0.833 bits per heavy atom. The van der Waals surface area contributed by atoms with Crippen molar-refractivity contribution in [1.29, 1.82) is 0 Å². The van der Waals surface area contributed by atoms with Crippen LogP contribution in [0.2, 0.25) is 0 Å². The van der Waals surface area contributed by atoms with Crippen molar-refractivity contribution in [3.05, 3.63) is 30.6 Å². The van der Waals surface area contributed by atoms with E-state index in [9.17, 15) is 9.59 Å². The smallest absolute Gasteiger partial charge is 0.151 e. The third-order valence-electron chi connectivity index (χ3n) is 3.12. The van der Waals surface area contributed by atoms with E-state index in [0.29, 0.717) is 22.8 Å². The van der Waals surface area contributed by atoms with Gasteiger partial charge in [0.15, 0.2) is 11.6 Å². The number of carbonyl (C=O) groups excluding carboxylic acids is 2. The molecule has 0 bridgehead atoms. The number of Topliss-reactive ketones (excluding diaryl/α,β-unsaturated/α-hetero) is 2. The summed E-state index contributed by atoms with van der Waals surface area (Å²) >= 11 is 0. The van der Waals surface area contributed by atoms with Crippen molar-refractivity contribution < 1.29 is 9.59 Å². The summed E-state index contributed by atoms with van der Waals surface area (Å²) in [4.78, 5) is 26.8. The zero-order valence-electron chi connectivity index (χ0n) is 13.2. The Hall–Kier alpha value is -3.23. The molecular formula is C15H15N7O2. The molecule has 0 spiro atoms. The molecule has 122 valence electrons. The van der Waals surface area contributed by atoms with Crippen LogP contribution in [0.3, 0.4) is 0 Å². The van der Waals surface area contributed by atoms with Crippen molar-refractivity contribution >= 4 is 11.6 Å². The molecular weight excluding hydrogens is 310 g/mol. The molecule has 0 saturated heterocycles. The molecule has 3 rings (SSSR count). The van der Waals surface area contributed by atoms with Gasteiger partial charge in [-0.2, -0.15) is 0 Å². The van der Waals surface area contributed by atoms with Crippen LogP contribution in [0.5, 0.6) is 0 Å². The summed E-state index contributed by atoms with van der Waals surface area (Å²) < 4.78 is 2.93. The fourth-order valence-corrected chi connectivity index (χ4v) is 2.16. The fraction of sp³-hybridized carbons (Fsp3) is 0.267. The van der Waals surface area contributed by atoms with Gasteiger partial charge in [0.2, 0.25) is 0 Å². The fourth-order valence-electron chi connectivity index (χ4n) is 2.16. The molecule has 0 unspecified atom stereocenters. The maximum absolute atomic E-state index is 11.1. The summed E-state index contributed by atoms with van der Waals surface area (Å²) in [6.07, 6.45) is 3.33. The van der Waals surface area contributed by atoms with Crippen molar-refractivity contribution in [2.45, 2.75) is 26.9 Å². The first kappa shape index (κ1) is 15.7. The van der Waals surface area contributed by atoms with Gasteiger partial charge in [-0.1, -0.05) is 16.5 Å². The first-order valence-corrected chi connectivity index (χ1v) is 7.28. The summed E-state index contributed by atoms with van der Waals surface area (Å²) in [6.45, 7) is 3.33. The summed E-state index contributed by atoms with van der Waals surface area (Å²) in [6, 6.07) is 5.42. The summed E-state index contributed by atoms with van der Waals surface area (Å²) in [5.74, 6) is -0.00880. The van der Waals surface area contributed by atoms with E-state index in [-0.39, 0.29) is 24.7 Å². The van der Waals surface area contributed by atoms with E-state index < -0.39 is 0 Å². The molecule has 0 aliphatic heterocycles. The maximum atomic E-state index is 11.1. The highest BCUT2D eigenvalue weighted by Crippen LogP contribution is 2.19. The molecule has 3 aromatic rings. The Bertz CT molecular complexity index is 827. The molecule has 0 N–H and O–H groups in total. The van der Waals surface area contributed by atoms with Gasteiger partial charge in [-0.05, 0) is 26.0 Å². The second kappa shape index (κ2) is 6.49. The highest BCUT2D eigenvalue weighted by molar-refractivity contribution is 5.75. The van der Waals surface area contributed by atoms with E-state index in [4.69, 9.17) is 0 Å². The van der Waals surface area contributed by atoms with E-state index in [2.05, 4.69) is 25.6 Å². The van der Waals surface area contributed by atoms with Crippen molar-refractivity contribution in [2.75, 3.05) is 0 Å². The van der Waals surface area contributed by atoms with Crippen LogP contribution in [-0.4, -0.2) is 46.5 Å². The molecule has 3 heterocycles. The van der Waals surface area contributed by atoms with Crippen molar-refractivity contribution in [3.8, 4) is 22.8 Å². The maximum Gasteiger partial charge on any atom is 0.151 e. The largest absolute Gasteiger partial charge is 0.298 e. The number of pyridine rings is 1. The lowest BCUT2D eigenvalue weighted by Crippen LogP contribution is -2.06. The van der Waals surface area contributed by atoms with E-state index >= 15 is 0 Å². The molecule has 0 saturated carbocycles. The van der Waals surface area contributed by atoms with Gasteiger partial charge in [0.25, 0.3) is 0 Å². The minimum Gasteiger partial charge on any atom is -0.298 e. The minimum atomic E-state index is -0.00440. The molecule has 0 aromatic carbocycles. The highest BCUT2D eigenvalue weighted by atomic mass is 16.1. The molecule has 0 amide bonds. The lowest BCUT2D eigenvalue weighted by molar-refractivity contribution is -0.118. The Morgan fingerprint density at radius 3 is 1.71 bits per heavy atom. The van der Waals surface area contributed by atoms with Gasteiger partial charge in [-0.15, -0.1) is 10.2 Å². The van der Waals surface area contributed by atoms with E-state index in [1.54, 1.807) is 24.5 Å². The zero-order valence-corrected chi connectivity index (χ0v) is 13.2. The second-order valence-electron chi connectivity index (χ2n) is 5.41. The van der Waals surface area contributed by atoms with Crippen molar-refractivity contribution in [1.82, 2.24) is 35.0 Å². The number of hydrogen-bond donors (Lipinski definition) is 0. The lowest BCUT2D eigenvalue weighted by atomic mass is 10.2. The molecule has 3 aromatic heterocycles. The zero-order chi connectivity index (χ0) is 17.1. The topological polar surface area (TPSA) is 108 Å². The third kappa shape index (κ3) is 3.57. The molecule has 24 heavy (non-hydrogen) atoms. The molecule has 9 heteroatoms. The van der Waals surface area contributed by atoms with E-state index in [1.807, 2.05) is 6.07 Å². The average molecular weight is 325 g/mol. The SMILES string of the molecule is CC(=O)Cn1cc(-c2cccc(-c3cn(CC(C)=O)nn3)n2)nn1. The molecule has 0 aliphatic rings. The molecule has 0 radical (unpaired) electrons. The van der Waals surface area contributed by atoms with Gasteiger partial charge < -0.3 is 0 Å². The monoisotopic (exact) mass is 325 g/mol. The Morgan fingerprint density at radius 2 is 1.29 bits per heavy atom. The summed E-state index contributed by atoms with van der Waals surface area (Å²) in [5.41, 5.74) is 2.36. The molecule has 0 atom stereocenters. The summed E-state index contributed by atoms with van der Waals surface area (Å²) in [7, 11) is 0. The Labute approximate surface area is 137 Å². The van der Waals surface area contributed by atoms with Gasteiger partial charge in [0.1, 0.15) is 24.5 Å². The van der Waals surface area contributed by atoms with Crippen LogP contribution in [-0.2, 0) is 22.7 Å². The summed E-state index contributed by atoms with van der Waals surface area (Å²) in [5, 5.41) is 15.9. The molecule has 0 aliphatic carbocycles. The van der Waals surface area contributed by atoms with Crippen LogP contribution >= 0.6 is 0 Å². The Balaban J connectivity index is 1.86. The average Bonchev–Trinajstić information content (AvgIpc) is 3.16. The second-order valence-corrected chi connectivity index (χ2v) is 5.41. The molecule has 0 fully saturated rings. The number of nitrogens with zero attached hydrogens (tertiary/aromatic N) is 7. The van der Waals surface area contributed by atoms with Gasteiger partial charge in [0, 0.05) is 0 Å². The first-order chi connectivity index (χ1) is 11.5. The quantitative estimate of drug-likeness (QED) is 0.658. The van der Waals surface area contributed by atoms with Crippen molar-refractivity contribution in [3.63, 3.8) is 0 Å². The molecule has 9 nitrogen and oxygen atoms in total. The van der Waals surface area contributed by atoms with Gasteiger partial charge in [0.05, 0.1) is 23.8 Å². The van der Waals surface area contributed by atoms with Gasteiger partial charge in [-0.3, -0.25) is 9.59 Å². The van der Waals surface area contributed by atoms with Gasteiger partial charge >= 0.3 is 0 Å². The van der Waals surface area contributed by atoms with Crippen LogP contribution < -0.4 is 0 Å². The van der Waals surface area contributed by atoms with Crippen molar-refractivity contribution in [2.24, 2.45) is 0 Å². The van der Waals surface area contributed by atoms with Crippen LogP contribution in [0.1, 0.15) is 13.8 Å². The van der Waals surface area contributed by atoms with Crippen LogP contribution in [0.15, 0.2) is 30.6 Å². The van der Waals surface area contributed by atoms with Gasteiger partial charge in [-0.25, -0.2) is 14.3 Å². The Kier molecular flexibility index (Phi) is 4.23. The van der Waals surface area contributed by atoms with Crippen LogP contribution in [0, 0.1) is 0 Å². The number of hydrogen-bond acceptors (Lipinski definition) is 7. The number of carbonyl (C=O) groups is 2. The first-order valence-electron chi connectivity index (χ1n) is 7.28. The normalized spacial score (nSPS) is 10.8. The van der Waals surface area contributed by atoms with E-state index in [0.717, 1.165) is 0 Å². The standard InChI is InChI=1S/C15H15N7O2/c1-10(23)6-21-8-14(17-19-21)12-4-3-5-13(16-12)15-9-22(20-18-15)7-11(2)24/h3-5,8-9H,6-7H2,1-2H3. The third-order valence-corrected chi connectivity index (χ3v) is 3.12. The number of rotatable bonds is 6. The predicted molar refractivity (Wildman–Crippen MR) is 83.6 cm³/mol. The highest BCUT2D eigenvalue weighted by Gasteiger charge is 2.11. The number of aromatic nitrogens is 7. The minimum absolute atomic E-state index is 0.00440. The van der Waals surface area contributed by atoms with E-state index in [1.165, 1.54) is 23.2 Å². The van der Waals surface area contributed by atoms with Crippen LogP contribution in [0.25, 0.3) is 22.8 Å². The number of ketones is 2. The lowest BCUT2D eigenvalue weighted by Gasteiger charge is -1.99. The van der Waals surface area contributed by atoms with Crippen LogP contribution in [0.4, 0.5) is 0 Å².